The second-order valence-electron chi connectivity index (χ2n) is 3.37. The second-order valence-corrected chi connectivity index (χ2v) is 3.37. The number of rotatable bonds is 3. The zero-order valence-electron chi connectivity index (χ0n) is 9.27. The third kappa shape index (κ3) is 1.54. The highest BCUT2D eigenvalue weighted by Gasteiger charge is 2.15. The van der Waals surface area contributed by atoms with Crippen molar-refractivity contribution in [3.05, 3.63) is 5.82 Å². The Morgan fingerprint density at radius 3 is 2.69 bits per heavy atom. The molecule has 16 heavy (non-hydrogen) atoms. The van der Waals surface area contributed by atoms with Gasteiger partial charge in [0.15, 0.2) is 17.0 Å². The van der Waals surface area contributed by atoms with Gasteiger partial charge < -0.3 is 16.2 Å². The largest absolute Gasteiger partial charge is 0.468 e. The van der Waals surface area contributed by atoms with E-state index in [4.69, 9.17) is 16.2 Å². The Kier molecular flexibility index (Phi) is 2.61. The molecule has 2 aromatic rings. The van der Waals surface area contributed by atoms with Gasteiger partial charge in [-0.3, -0.25) is 4.57 Å². The second kappa shape index (κ2) is 3.93. The third-order valence-corrected chi connectivity index (χ3v) is 2.23. The maximum absolute atomic E-state index is 5.78. The highest BCUT2D eigenvalue weighted by atomic mass is 16.5. The number of imidazole rings is 1. The fourth-order valence-corrected chi connectivity index (χ4v) is 1.60. The summed E-state index contributed by atoms with van der Waals surface area (Å²) in [5, 5.41) is 0. The number of nitrogens with zero attached hydrogens (tertiary/aromatic N) is 4. The van der Waals surface area contributed by atoms with E-state index in [9.17, 15) is 0 Å². The van der Waals surface area contributed by atoms with Crippen molar-refractivity contribution >= 4 is 17.0 Å². The lowest BCUT2D eigenvalue weighted by Crippen LogP contribution is -2.11. The highest BCUT2D eigenvalue weighted by Crippen LogP contribution is 2.22. The number of aryl methyl sites for hydroxylation is 1. The number of hydrogen-bond donors (Lipinski definition) is 2. The minimum atomic E-state index is 0.358. The average molecular weight is 222 g/mol. The van der Waals surface area contributed by atoms with Crippen LogP contribution in [-0.2, 0) is 6.54 Å². The average Bonchev–Trinajstić information content (AvgIpc) is 2.58. The topological polar surface area (TPSA) is 105 Å². The Hall–Kier alpha value is -1.89. The van der Waals surface area contributed by atoms with Crippen molar-refractivity contribution in [3.63, 3.8) is 0 Å². The van der Waals surface area contributed by atoms with Crippen LogP contribution in [0.1, 0.15) is 5.82 Å². The molecule has 0 aliphatic rings. The molecular formula is C9H14N6O. The van der Waals surface area contributed by atoms with E-state index in [1.165, 1.54) is 0 Å². The molecule has 0 aliphatic carbocycles. The molecule has 2 aromatic heterocycles. The molecule has 0 radical (unpaired) electrons. The molecule has 0 saturated carbocycles. The number of ether oxygens (including phenoxy) is 1. The fourth-order valence-electron chi connectivity index (χ4n) is 1.60. The first-order valence-corrected chi connectivity index (χ1v) is 4.91. The number of nitrogen functional groups attached to an aromatic ring is 1. The van der Waals surface area contributed by atoms with Crippen LogP contribution in [0.5, 0.6) is 6.01 Å². The molecule has 0 aliphatic heterocycles. The van der Waals surface area contributed by atoms with Crippen LogP contribution in [0.15, 0.2) is 0 Å². The van der Waals surface area contributed by atoms with Gasteiger partial charge in [-0.15, -0.1) is 0 Å². The Morgan fingerprint density at radius 1 is 1.31 bits per heavy atom. The summed E-state index contributed by atoms with van der Waals surface area (Å²) in [5.74, 6) is 0.961. The lowest BCUT2D eigenvalue weighted by molar-refractivity contribution is 0.360. The molecule has 0 unspecified atom stereocenters. The van der Waals surface area contributed by atoms with Crippen LogP contribution in [0, 0.1) is 6.92 Å². The molecule has 0 bridgehead atoms. The van der Waals surface area contributed by atoms with Crippen LogP contribution < -0.4 is 16.2 Å². The molecule has 7 heteroatoms. The quantitative estimate of drug-likeness (QED) is 0.737. The molecule has 7 nitrogen and oxygen atoms in total. The van der Waals surface area contributed by atoms with Crippen LogP contribution >= 0.6 is 0 Å². The van der Waals surface area contributed by atoms with E-state index in [0.29, 0.717) is 41.9 Å². The number of aromatic nitrogens is 4. The molecule has 0 fully saturated rings. The first kappa shape index (κ1) is 10.6. The zero-order chi connectivity index (χ0) is 11.7. The summed E-state index contributed by atoms with van der Waals surface area (Å²) in [6.45, 7) is 2.84. The molecule has 2 rings (SSSR count). The van der Waals surface area contributed by atoms with E-state index in [1.54, 1.807) is 18.6 Å². The van der Waals surface area contributed by atoms with Crippen LogP contribution in [0.4, 0.5) is 5.82 Å². The maximum Gasteiger partial charge on any atom is 0.298 e. The van der Waals surface area contributed by atoms with Crippen LogP contribution in [-0.4, -0.2) is 33.2 Å². The number of hydrogen-bond acceptors (Lipinski definition) is 6. The minimum Gasteiger partial charge on any atom is -0.468 e. The lowest BCUT2D eigenvalue weighted by Gasteiger charge is -2.04. The van der Waals surface area contributed by atoms with Gasteiger partial charge in [-0.2, -0.15) is 4.98 Å². The van der Waals surface area contributed by atoms with Gasteiger partial charge in [-0.05, 0) is 6.92 Å². The van der Waals surface area contributed by atoms with Crippen LogP contribution in [0.2, 0.25) is 0 Å². The number of anilines is 1. The Labute approximate surface area is 92.4 Å². The van der Waals surface area contributed by atoms with Crippen LogP contribution in [0.25, 0.3) is 11.2 Å². The standard InChI is InChI=1S/C9H14N6O/c1-5-12-7(11)6-8(13-5)15(4-3-10)9(14-6)16-2/h3-4,10H2,1-2H3,(H2,11,12,13). The van der Waals surface area contributed by atoms with Crippen molar-refractivity contribution in [2.24, 2.45) is 5.73 Å². The van der Waals surface area contributed by atoms with Gasteiger partial charge in [0, 0.05) is 13.1 Å². The molecule has 0 aromatic carbocycles. The van der Waals surface area contributed by atoms with Crippen molar-refractivity contribution in [2.75, 3.05) is 19.4 Å². The van der Waals surface area contributed by atoms with E-state index in [1.807, 2.05) is 0 Å². The molecule has 2 heterocycles. The van der Waals surface area contributed by atoms with E-state index < -0.39 is 0 Å². The number of nitrogens with two attached hydrogens (primary N) is 2. The molecule has 0 amide bonds. The van der Waals surface area contributed by atoms with E-state index in [-0.39, 0.29) is 0 Å². The van der Waals surface area contributed by atoms with Crippen molar-refractivity contribution in [2.45, 2.75) is 13.5 Å². The zero-order valence-corrected chi connectivity index (χ0v) is 9.27. The number of methoxy groups -OCH3 is 1. The summed E-state index contributed by atoms with van der Waals surface area (Å²) in [6, 6.07) is 0.451. The first-order valence-electron chi connectivity index (χ1n) is 4.91. The van der Waals surface area contributed by atoms with Crippen molar-refractivity contribution in [1.82, 2.24) is 19.5 Å². The van der Waals surface area contributed by atoms with E-state index in [0.717, 1.165) is 0 Å². The van der Waals surface area contributed by atoms with Gasteiger partial charge in [-0.1, -0.05) is 0 Å². The molecule has 86 valence electrons. The third-order valence-electron chi connectivity index (χ3n) is 2.23. The lowest BCUT2D eigenvalue weighted by atomic mass is 10.4. The fraction of sp³-hybridized carbons (Fsp3) is 0.444. The normalized spacial score (nSPS) is 10.9. The van der Waals surface area contributed by atoms with Gasteiger partial charge in [0.05, 0.1) is 7.11 Å². The van der Waals surface area contributed by atoms with Crippen molar-refractivity contribution < 1.29 is 4.74 Å². The van der Waals surface area contributed by atoms with Gasteiger partial charge >= 0.3 is 0 Å². The van der Waals surface area contributed by atoms with Crippen molar-refractivity contribution in [1.29, 1.82) is 0 Å². The minimum absolute atomic E-state index is 0.358. The summed E-state index contributed by atoms with van der Waals surface area (Å²) < 4.78 is 6.94. The molecular weight excluding hydrogens is 208 g/mol. The van der Waals surface area contributed by atoms with Crippen molar-refractivity contribution in [3.8, 4) is 6.01 Å². The predicted octanol–water partition coefficient (Wildman–Crippen LogP) is -0.316. The Bertz CT molecular complexity index is 520. The molecule has 0 saturated heterocycles. The molecule has 0 atom stereocenters. The SMILES string of the molecule is COc1nc2c(N)nc(C)nc2n1CCN. The summed E-state index contributed by atoms with van der Waals surface area (Å²) >= 11 is 0. The van der Waals surface area contributed by atoms with E-state index >= 15 is 0 Å². The highest BCUT2D eigenvalue weighted by molar-refractivity contribution is 5.82. The van der Waals surface area contributed by atoms with Gasteiger partial charge in [-0.25, -0.2) is 9.97 Å². The monoisotopic (exact) mass is 222 g/mol. The van der Waals surface area contributed by atoms with Crippen LogP contribution in [0.3, 0.4) is 0 Å². The number of fused-ring (bicyclic) bond motifs is 1. The summed E-state index contributed by atoms with van der Waals surface area (Å²) in [5.41, 5.74) is 12.5. The smallest absolute Gasteiger partial charge is 0.298 e. The van der Waals surface area contributed by atoms with Gasteiger partial charge in [0.25, 0.3) is 6.01 Å². The first-order chi connectivity index (χ1) is 7.67. The summed E-state index contributed by atoms with van der Waals surface area (Å²) in [4.78, 5) is 12.6. The predicted molar refractivity (Wildman–Crippen MR) is 60.1 cm³/mol. The molecule has 4 N–H and O–H groups in total. The Balaban J connectivity index is 2.73. The summed E-state index contributed by atoms with van der Waals surface area (Å²) in [6.07, 6.45) is 0. The maximum atomic E-state index is 5.78. The van der Waals surface area contributed by atoms with Gasteiger partial charge in [0.2, 0.25) is 0 Å². The summed E-state index contributed by atoms with van der Waals surface area (Å²) in [7, 11) is 1.55. The Morgan fingerprint density at radius 2 is 2.06 bits per heavy atom. The molecule has 0 spiro atoms. The van der Waals surface area contributed by atoms with Gasteiger partial charge in [0.1, 0.15) is 5.82 Å². The van der Waals surface area contributed by atoms with E-state index in [2.05, 4.69) is 15.0 Å².